The van der Waals surface area contributed by atoms with Gasteiger partial charge in [0.15, 0.2) is 6.61 Å². The van der Waals surface area contributed by atoms with Gasteiger partial charge in [-0.2, -0.15) is 0 Å². The molecule has 1 heterocycles. The third-order valence-corrected chi connectivity index (χ3v) is 7.77. The third-order valence-electron chi connectivity index (χ3n) is 6.07. The van der Waals surface area contributed by atoms with Gasteiger partial charge < -0.3 is 9.64 Å². The van der Waals surface area contributed by atoms with Crippen LogP contribution in [0.15, 0.2) is 89.8 Å². The van der Waals surface area contributed by atoms with Crippen molar-refractivity contribution in [3.8, 4) is 5.75 Å². The zero-order valence-electron chi connectivity index (χ0n) is 20.4. The molecule has 0 aliphatic carbocycles. The van der Waals surface area contributed by atoms with Gasteiger partial charge in [0.2, 0.25) is 10.0 Å². The number of rotatable bonds is 10. The molecule has 0 spiro atoms. The van der Waals surface area contributed by atoms with Crippen LogP contribution in [0.2, 0.25) is 5.02 Å². The molecule has 1 aliphatic heterocycles. The van der Waals surface area contributed by atoms with Crippen molar-refractivity contribution in [2.75, 3.05) is 39.3 Å². The van der Waals surface area contributed by atoms with E-state index in [-0.39, 0.29) is 34.7 Å². The highest BCUT2D eigenvalue weighted by molar-refractivity contribution is 7.89. The molecule has 1 N–H and O–H groups in total. The maximum absolute atomic E-state index is 12.7. The number of hydrogen-bond acceptors (Lipinski definition) is 5. The Kier molecular flexibility index (Phi) is 9.35. The fraction of sp³-hybridized carbons (Fsp3) is 0.250. The van der Waals surface area contributed by atoms with Crippen LogP contribution in [0.1, 0.15) is 11.1 Å². The first kappa shape index (κ1) is 26.9. The maximum atomic E-state index is 12.7. The van der Waals surface area contributed by atoms with Gasteiger partial charge in [-0.3, -0.25) is 9.69 Å². The van der Waals surface area contributed by atoms with Crippen molar-refractivity contribution in [2.24, 2.45) is 0 Å². The summed E-state index contributed by atoms with van der Waals surface area (Å²) < 4.78 is 33.4. The first-order valence-electron chi connectivity index (χ1n) is 12.1. The normalized spacial score (nSPS) is 14.7. The van der Waals surface area contributed by atoms with Crippen LogP contribution < -0.4 is 9.46 Å². The second kappa shape index (κ2) is 12.9. The number of sulfonamides is 1. The van der Waals surface area contributed by atoms with Crippen LogP contribution in [0.4, 0.5) is 0 Å². The summed E-state index contributed by atoms with van der Waals surface area (Å²) in [6.07, 6.45) is 4.24. The van der Waals surface area contributed by atoms with Gasteiger partial charge >= 0.3 is 0 Å². The molecule has 1 fully saturated rings. The fourth-order valence-corrected chi connectivity index (χ4v) is 5.28. The quantitative estimate of drug-likeness (QED) is 0.420. The van der Waals surface area contributed by atoms with Crippen molar-refractivity contribution in [3.63, 3.8) is 0 Å². The van der Waals surface area contributed by atoms with E-state index in [0.717, 1.165) is 25.2 Å². The molecule has 1 saturated heterocycles. The van der Waals surface area contributed by atoms with Crippen LogP contribution in [-0.2, 0) is 21.4 Å². The van der Waals surface area contributed by atoms with Crippen LogP contribution in [0, 0.1) is 0 Å². The van der Waals surface area contributed by atoms with E-state index in [1.54, 1.807) is 4.90 Å². The number of nitrogens with zero attached hydrogens (tertiary/aromatic N) is 2. The van der Waals surface area contributed by atoms with E-state index >= 15 is 0 Å². The van der Waals surface area contributed by atoms with E-state index in [1.165, 1.54) is 23.8 Å². The van der Waals surface area contributed by atoms with Gasteiger partial charge in [-0.1, -0.05) is 84.4 Å². The molecule has 1 amide bonds. The largest absolute Gasteiger partial charge is 0.482 e. The average Bonchev–Trinajstić information content (AvgIpc) is 2.92. The smallest absolute Gasteiger partial charge is 0.260 e. The molecular formula is C28H30ClN3O4S. The van der Waals surface area contributed by atoms with E-state index in [1.807, 2.05) is 48.5 Å². The topological polar surface area (TPSA) is 78.9 Å². The van der Waals surface area contributed by atoms with Crippen molar-refractivity contribution in [1.29, 1.82) is 0 Å². The Hall–Kier alpha value is -3.17. The Morgan fingerprint density at radius 1 is 0.946 bits per heavy atom. The molecule has 3 aromatic carbocycles. The van der Waals surface area contributed by atoms with Crippen LogP contribution >= 0.6 is 11.6 Å². The van der Waals surface area contributed by atoms with E-state index in [2.05, 4.69) is 33.9 Å². The lowest BCUT2D eigenvalue weighted by Gasteiger charge is -2.34. The number of piperazine rings is 1. The second-order valence-corrected chi connectivity index (χ2v) is 10.9. The molecule has 9 heteroatoms. The molecule has 0 saturated carbocycles. The van der Waals surface area contributed by atoms with Gasteiger partial charge in [0.1, 0.15) is 5.75 Å². The lowest BCUT2D eigenvalue weighted by Crippen LogP contribution is -2.49. The van der Waals surface area contributed by atoms with Gasteiger partial charge in [0.05, 0.1) is 9.92 Å². The van der Waals surface area contributed by atoms with E-state index < -0.39 is 10.0 Å². The standard InChI is InChI=1S/C28H30ClN3O4S/c29-26-20-25(37(34,35)30-21-24-10-5-2-6-11-24)13-14-27(26)36-22-28(33)32-18-16-31(17-19-32)15-7-12-23-8-3-1-4-9-23/h1-14,20,30H,15-19,21-22H2/b12-7+. The number of halogens is 1. The number of carbonyl (C=O) groups excluding carboxylic acids is 1. The van der Waals surface area contributed by atoms with Crippen molar-refractivity contribution in [3.05, 3.63) is 101 Å². The van der Waals surface area contributed by atoms with Gasteiger partial charge in [-0.25, -0.2) is 13.1 Å². The summed E-state index contributed by atoms with van der Waals surface area (Å²) in [5, 5.41) is 0.130. The summed E-state index contributed by atoms with van der Waals surface area (Å²) in [4.78, 5) is 16.8. The fourth-order valence-electron chi connectivity index (χ4n) is 3.94. The monoisotopic (exact) mass is 539 g/mol. The minimum Gasteiger partial charge on any atom is -0.482 e. The van der Waals surface area contributed by atoms with Crippen LogP contribution in [-0.4, -0.2) is 63.5 Å². The second-order valence-electron chi connectivity index (χ2n) is 8.69. The highest BCUT2D eigenvalue weighted by atomic mass is 35.5. The highest BCUT2D eigenvalue weighted by Gasteiger charge is 2.21. The zero-order chi connectivity index (χ0) is 26.1. The molecule has 0 bridgehead atoms. The van der Waals surface area contributed by atoms with E-state index in [9.17, 15) is 13.2 Å². The molecule has 0 atom stereocenters. The summed E-state index contributed by atoms with van der Waals surface area (Å²) in [6, 6.07) is 23.6. The Balaban J connectivity index is 1.23. The summed E-state index contributed by atoms with van der Waals surface area (Å²) >= 11 is 6.28. The Morgan fingerprint density at radius 3 is 2.30 bits per heavy atom. The molecule has 0 radical (unpaired) electrons. The van der Waals surface area contributed by atoms with Gasteiger partial charge in [0.25, 0.3) is 5.91 Å². The first-order chi connectivity index (χ1) is 17.9. The summed E-state index contributed by atoms with van der Waals surface area (Å²) in [7, 11) is -3.75. The third kappa shape index (κ3) is 7.90. The van der Waals surface area contributed by atoms with E-state index in [0.29, 0.717) is 13.1 Å². The number of nitrogens with one attached hydrogen (secondary N) is 1. The highest BCUT2D eigenvalue weighted by Crippen LogP contribution is 2.27. The Bertz CT molecular complexity index is 1310. The number of ether oxygens (including phenoxy) is 1. The van der Waals surface area contributed by atoms with Gasteiger partial charge in [0, 0.05) is 39.3 Å². The number of carbonyl (C=O) groups is 1. The maximum Gasteiger partial charge on any atom is 0.260 e. The summed E-state index contributed by atoms with van der Waals surface area (Å²) in [5.74, 6) is 0.137. The molecule has 37 heavy (non-hydrogen) atoms. The summed E-state index contributed by atoms with van der Waals surface area (Å²) in [6.45, 7) is 3.66. The molecule has 3 aromatic rings. The predicted molar refractivity (Wildman–Crippen MR) is 146 cm³/mol. The van der Waals surface area contributed by atoms with Crippen molar-refractivity contribution in [2.45, 2.75) is 11.4 Å². The first-order valence-corrected chi connectivity index (χ1v) is 13.9. The SMILES string of the molecule is O=C(COc1ccc(S(=O)(=O)NCc2ccccc2)cc1Cl)N1CCN(C/C=C/c2ccccc2)CC1. The molecule has 0 aromatic heterocycles. The van der Waals surface area contributed by atoms with Crippen molar-refractivity contribution >= 4 is 33.6 Å². The molecule has 4 rings (SSSR count). The predicted octanol–water partition coefficient (Wildman–Crippen LogP) is 4.05. The van der Waals surface area contributed by atoms with Gasteiger partial charge in [-0.15, -0.1) is 0 Å². The number of benzene rings is 3. The molecule has 1 aliphatic rings. The van der Waals surface area contributed by atoms with Crippen molar-refractivity contribution < 1.29 is 17.9 Å². The minimum atomic E-state index is -3.75. The van der Waals surface area contributed by atoms with Crippen LogP contribution in [0.25, 0.3) is 6.08 Å². The molecule has 194 valence electrons. The molecule has 0 unspecified atom stereocenters. The van der Waals surface area contributed by atoms with Gasteiger partial charge in [-0.05, 0) is 29.3 Å². The van der Waals surface area contributed by atoms with Crippen LogP contribution in [0.5, 0.6) is 5.75 Å². The molecular weight excluding hydrogens is 510 g/mol. The van der Waals surface area contributed by atoms with Crippen molar-refractivity contribution in [1.82, 2.24) is 14.5 Å². The average molecular weight is 540 g/mol. The Morgan fingerprint density at radius 2 is 1.62 bits per heavy atom. The minimum absolute atomic E-state index is 0.0320. The lowest BCUT2D eigenvalue weighted by atomic mass is 10.2. The molecule has 7 nitrogen and oxygen atoms in total. The number of hydrogen-bond donors (Lipinski definition) is 1. The number of amides is 1. The summed E-state index contributed by atoms with van der Waals surface area (Å²) in [5.41, 5.74) is 2.02. The Labute approximate surface area is 223 Å². The van der Waals surface area contributed by atoms with Crippen LogP contribution in [0.3, 0.4) is 0 Å². The lowest BCUT2D eigenvalue weighted by molar-refractivity contribution is -0.135. The van der Waals surface area contributed by atoms with E-state index in [4.69, 9.17) is 16.3 Å². The zero-order valence-corrected chi connectivity index (χ0v) is 22.0.